The summed E-state index contributed by atoms with van der Waals surface area (Å²) in [6, 6.07) is 2.22. The number of nitrogens with zero attached hydrogens (tertiary/aromatic N) is 8. The molecular weight excluding hydrogens is 380 g/mol. The highest BCUT2D eigenvalue weighted by Gasteiger charge is 2.21. The first-order chi connectivity index (χ1) is 14.1. The van der Waals surface area contributed by atoms with Gasteiger partial charge in [0.25, 0.3) is 6.43 Å². The molecule has 152 valence electrons. The second-order valence-corrected chi connectivity index (χ2v) is 7.17. The molecule has 0 spiro atoms. The third-order valence-electron chi connectivity index (χ3n) is 4.92. The average Bonchev–Trinajstić information content (AvgIpc) is 3.29. The Balaban J connectivity index is 1.47. The monoisotopic (exact) mass is 401 g/mol. The molecule has 1 unspecified atom stereocenters. The van der Waals surface area contributed by atoms with Crippen LogP contribution in [0.1, 0.15) is 12.8 Å². The quantitative estimate of drug-likeness (QED) is 0.606. The highest BCUT2D eigenvalue weighted by Crippen LogP contribution is 2.21. The van der Waals surface area contributed by atoms with Gasteiger partial charge in [-0.25, -0.2) is 18.4 Å². The molecule has 1 fully saturated rings. The molecule has 1 atom stereocenters. The van der Waals surface area contributed by atoms with E-state index in [4.69, 9.17) is 5.26 Å². The lowest BCUT2D eigenvalue weighted by Crippen LogP contribution is -2.37. The fourth-order valence-electron chi connectivity index (χ4n) is 3.65. The number of piperidine rings is 1. The van der Waals surface area contributed by atoms with Crippen LogP contribution in [0.4, 0.5) is 20.4 Å². The molecule has 3 aromatic rings. The van der Waals surface area contributed by atoms with Gasteiger partial charge >= 0.3 is 0 Å². The molecule has 0 saturated carbocycles. The maximum Gasteiger partial charge on any atom is 0.257 e. The molecule has 1 aliphatic heterocycles. The number of alkyl halides is 2. The van der Waals surface area contributed by atoms with Crippen LogP contribution in [-0.4, -0.2) is 60.5 Å². The largest absolute Gasteiger partial charge is 0.321 e. The number of aromatic nitrogens is 6. The number of likely N-dealkylation sites (tertiary alicyclic amines) is 1. The number of hydrogen-bond donors (Lipinski definition) is 1. The Morgan fingerprint density at radius 1 is 1.28 bits per heavy atom. The predicted molar refractivity (Wildman–Crippen MR) is 102 cm³/mol. The molecule has 9 nitrogen and oxygen atoms in total. The summed E-state index contributed by atoms with van der Waals surface area (Å²) in [6.45, 7) is 2.53. The zero-order chi connectivity index (χ0) is 20.2. The Morgan fingerprint density at radius 3 is 3.00 bits per heavy atom. The summed E-state index contributed by atoms with van der Waals surface area (Å²) in [4.78, 5) is 11.0. The lowest BCUT2D eigenvalue weighted by atomic mass is 9.98. The number of fused-ring (bicyclic) bond motifs is 1. The van der Waals surface area contributed by atoms with Crippen LogP contribution in [-0.2, 0) is 13.1 Å². The third kappa shape index (κ3) is 4.65. The molecule has 0 amide bonds. The van der Waals surface area contributed by atoms with Gasteiger partial charge in [0.2, 0.25) is 5.95 Å². The molecular formula is C18H21F2N9. The summed E-state index contributed by atoms with van der Waals surface area (Å²) < 4.78 is 28.0. The standard InChI is InChI=1S/C18H21F2N9/c19-16(20)12-28-11-15(8-23-28)25-18-22-6-14-7-24-29(17(14)26-18)10-13-2-1-4-27(9-13)5-3-21/h6-8,11,13,16H,1-2,4-5,9-10,12H2,(H,22,25,26). The summed E-state index contributed by atoms with van der Waals surface area (Å²) in [5.74, 6) is 0.754. The Labute approximate surface area is 166 Å². The van der Waals surface area contributed by atoms with Gasteiger partial charge in [0.1, 0.15) is 6.54 Å². The van der Waals surface area contributed by atoms with Crippen molar-refractivity contribution in [1.82, 2.24) is 34.4 Å². The van der Waals surface area contributed by atoms with Gasteiger partial charge in [-0.3, -0.25) is 9.58 Å². The van der Waals surface area contributed by atoms with E-state index < -0.39 is 13.0 Å². The van der Waals surface area contributed by atoms with E-state index >= 15 is 0 Å². The maximum atomic E-state index is 12.5. The summed E-state index contributed by atoms with van der Waals surface area (Å²) in [5, 5.41) is 21.1. The van der Waals surface area contributed by atoms with Crippen molar-refractivity contribution in [3.63, 3.8) is 0 Å². The molecule has 29 heavy (non-hydrogen) atoms. The smallest absolute Gasteiger partial charge is 0.257 e. The van der Waals surface area contributed by atoms with Crippen LogP contribution in [0, 0.1) is 17.2 Å². The van der Waals surface area contributed by atoms with Crippen LogP contribution in [0.15, 0.2) is 24.8 Å². The molecule has 3 aromatic heterocycles. The van der Waals surface area contributed by atoms with Gasteiger partial charge in [0.05, 0.1) is 36.1 Å². The zero-order valence-electron chi connectivity index (χ0n) is 15.7. The van der Waals surface area contributed by atoms with E-state index in [0.717, 1.165) is 31.3 Å². The minimum Gasteiger partial charge on any atom is -0.321 e. The van der Waals surface area contributed by atoms with Crippen LogP contribution >= 0.6 is 0 Å². The van der Waals surface area contributed by atoms with Crippen molar-refractivity contribution in [3.05, 3.63) is 24.8 Å². The van der Waals surface area contributed by atoms with Gasteiger partial charge < -0.3 is 5.32 Å². The van der Waals surface area contributed by atoms with Gasteiger partial charge in [-0.1, -0.05) is 0 Å². The van der Waals surface area contributed by atoms with E-state index in [-0.39, 0.29) is 0 Å². The van der Waals surface area contributed by atoms with Gasteiger partial charge in [0, 0.05) is 25.5 Å². The summed E-state index contributed by atoms with van der Waals surface area (Å²) in [7, 11) is 0. The SMILES string of the molecule is N#CCN1CCCC(Cn2ncc3cnc(Nc4cnn(CC(F)F)c4)nc32)C1. The molecule has 4 rings (SSSR count). The molecule has 0 aromatic carbocycles. The fourth-order valence-corrected chi connectivity index (χ4v) is 3.65. The highest BCUT2D eigenvalue weighted by atomic mass is 19.3. The highest BCUT2D eigenvalue weighted by molar-refractivity contribution is 5.75. The first-order valence-electron chi connectivity index (χ1n) is 9.46. The van der Waals surface area contributed by atoms with Crippen LogP contribution in [0.25, 0.3) is 11.0 Å². The Morgan fingerprint density at radius 2 is 2.17 bits per heavy atom. The number of halogens is 2. The third-order valence-corrected chi connectivity index (χ3v) is 4.92. The van der Waals surface area contributed by atoms with Gasteiger partial charge in [-0.2, -0.15) is 20.4 Å². The van der Waals surface area contributed by atoms with Crippen LogP contribution < -0.4 is 5.32 Å². The average molecular weight is 401 g/mol. The first kappa shape index (κ1) is 19.2. The molecule has 1 aliphatic rings. The number of anilines is 2. The molecule has 0 aliphatic carbocycles. The predicted octanol–water partition coefficient (Wildman–Crippen LogP) is 2.27. The number of hydrogen-bond acceptors (Lipinski definition) is 7. The maximum absolute atomic E-state index is 12.5. The van der Waals surface area contributed by atoms with E-state index in [1.807, 2.05) is 4.68 Å². The van der Waals surface area contributed by atoms with Crippen molar-refractivity contribution >= 4 is 22.7 Å². The van der Waals surface area contributed by atoms with Crippen LogP contribution in [0.3, 0.4) is 0 Å². The van der Waals surface area contributed by atoms with E-state index in [1.54, 1.807) is 12.4 Å². The molecule has 0 radical (unpaired) electrons. The van der Waals surface area contributed by atoms with Crippen molar-refractivity contribution in [2.75, 3.05) is 25.0 Å². The lowest BCUT2D eigenvalue weighted by Gasteiger charge is -2.30. The number of nitrogens with one attached hydrogen (secondary N) is 1. The van der Waals surface area contributed by atoms with Crippen LogP contribution in [0.5, 0.6) is 0 Å². The van der Waals surface area contributed by atoms with Crippen molar-refractivity contribution < 1.29 is 8.78 Å². The van der Waals surface area contributed by atoms with Crippen LogP contribution in [0.2, 0.25) is 0 Å². The first-order valence-corrected chi connectivity index (χ1v) is 9.46. The lowest BCUT2D eigenvalue weighted by molar-refractivity contribution is 0.122. The Bertz CT molecular complexity index is 1010. The molecule has 1 N–H and O–H groups in total. The van der Waals surface area contributed by atoms with Gasteiger partial charge in [-0.15, -0.1) is 0 Å². The molecule has 0 bridgehead atoms. The zero-order valence-corrected chi connectivity index (χ0v) is 15.7. The van der Waals surface area contributed by atoms with E-state index in [0.29, 0.717) is 36.3 Å². The molecule has 4 heterocycles. The summed E-state index contributed by atoms with van der Waals surface area (Å²) in [6.07, 6.45) is 6.05. The van der Waals surface area contributed by atoms with E-state index in [9.17, 15) is 8.78 Å². The van der Waals surface area contributed by atoms with Gasteiger partial charge in [-0.05, 0) is 25.3 Å². The summed E-state index contributed by atoms with van der Waals surface area (Å²) in [5.41, 5.74) is 1.25. The fraction of sp³-hybridized carbons (Fsp3) is 0.500. The van der Waals surface area contributed by atoms with Crippen molar-refractivity contribution in [3.8, 4) is 6.07 Å². The van der Waals surface area contributed by atoms with E-state index in [1.165, 1.54) is 17.1 Å². The second-order valence-electron chi connectivity index (χ2n) is 7.17. The summed E-state index contributed by atoms with van der Waals surface area (Å²) >= 11 is 0. The second kappa shape index (κ2) is 8.48. The Kier molecular flexibility index (Phi) is 5.62. The minimum atomic E-state index is -2.46. The van der Waals surface area contributed by atoms with E-state index in [2.05, 4.69) is 36.5 Å². The Hall–Kier alpha value is -3.13. The number of rotatable bonds is 7. The van der Waals surface area contributed by atoms with Crippen molar-refractivity contribution in [2.45, 2.75) is 32.4 Å². The van der Waals surface area contributed by atoms with Crippen molar-refractivity contribution in [2.24, 2.45) is 5.92 Å². The molecule has 1 saturated heterocycles. The van der Waals surface area contributed by atoms with Gasteiger partial charge in [0.15, 0.2) is 5.65 Å². The molecule has 11 heteroatoms. The minimum absolute atomic E-state index is 0.352. The van der Waals surface area contributed by atoms with Crippen molar-refractivity contribution in [1.29, 1.82) is 5.26 Å². The topological polar surface area (TPSA) is 100 Å². The number of nitriles is 1. The normalized spacial score (nSPS) is 17.7.